The summed E-state index contributed by atoms with van der Waals surface area (Å²) < 4.78 is 21.9. The van der Waals surface area contributed by atoms with Crippen molar-refractivity contribution in [2.24, 2.45) is 0 Å². The highest BCUT2D eigenvalue weighted by atomic mass is 16.5. The summed E-state index contributed by atoms with van der Waals surface area (Å²) >= 11 is 0. The van der Waals surface area contributed by atoms with Gasteiger partial charge in [0.2, 0.25) is 0 Å². The van der Waals surface area contributed by atoms with E-state index < -0.39 is 6.10 Å². The summed E-state index contributed by atoms with van der Waals surface area (Å²) in [5, 5.41) is 12.5. The summed E-state index contributed by atoms with van der Waals surface area (Å²) in [4.78, 5) is 12.6. The number of rotatable bonds is 8. The molecule has 30 heavy (non-hydrogen) atoms. The van der Waals surface area contributed by atoms with Gasteiger partial charge in [0.25, 0.3) is 5.91 Å². The molecule has 158 valence electrons. The number of ether oxygens (including phenoxy) is 3. The lowest BCUT2D eigenvalue weighted by Gasteiger charge is -2.14. The first-order valence-corrected chi connectivity index (χ1v) is 9.42. The average Bonchev–Trinajstić information content (AvgIpc) is 3.22. The van der Waals surface area contributed by atoms with Crippen LogP contribution in [0.3, 0.4) is 0 Å². The molecule has 7 nitrogen and oxygen atoms in total. The summed E-state index contributed by atoms with van der Waals surface area (Å²) in [6, 6.07) is 13.9. The largest absolute Gasteiger partial charge is 0.496 e. The lowest BCUT2D eigenvalue weighted by atomic mass is 10.1. The van der Waals surface area contributed by atoms with Crippen LogP contribution < -0.4 is 19.5 Å². The van der Waals surface area contributed by atoms with E-state index in [9.17, 15) is 9.90 Å². The third-order valence-corrected chi connectivity index (χ3v) is 4.68. The molecule has 0 aliphatic heterocycles. The average molecular weight is 411 g/mol. The van der Waals surface area contributed by atoms with Crippen molar-refractivity contribution in [3.63, 3.8) is 0 Å². The molecule has 7 heteroatoms. The first kappa shape index (κ1) is 21.3. The van der Waals surface area contributed by atoms with E-state index in [4.69, 9.17) is 18.6 Å². The zero-order chi connectivity index (χ0) is 21.7. The Balaban J connectivity index is 1.78. The molecule has 1 aromatic heterocycles. The molecular formula is C23H25NO6. The van der Waals surface area contributed by atoms with Crippen LogP contribution in [0.2, 0.25) is 0 Å². The second-order valence-corrected chi connectivity index (χ2v) is 6.71. The maximum absolute atomic E-state index is 12.6. The lowest BCUT2D eigenvalue weighted by molar-refractivity contribution is 0.0995. The maximum atomic E-state index is 12.6. The number of methoxy groups -OCH3 is 3. The number of furan rings is 1. The highest BCUT2D eigenvalue weighted by molar-refractivity contribution is 6.02. The van der Waals surface area contributed by atoms with E-state index in [-0.39, 0.29) is 11.7 Å². The van der Waals surface area contributed by atoms with Crippen molar-refractivity contribution in [3.05, 3.63) is 71.2 Å². The quantitative estimate of drug-likeness (QED) is 0.577. The van der Waals surface area contributed by atoms with Gasteiger partial charge in [-0.15, -0.1) is 0 Å². The second kappa shape index (κ2) is 9.37. The number of carbonyl (C=O) groups is 1. The Morgan fingerprint density at radius 2 is 1.73 bits per heavy atom. The topological polar surface area (TPSA) is 90.2 Å². The van der Waals surface area contributed by atoms with E-state index in [0.717, 1.165) is 5.56 Å². The molecule has 1 heterocycles. The van der Waals surface area contributed by atoms with Crippen molar-refractivity contribution in [3.8, 4) is 17.2 Å². The van der Waals surface area contributed by atoms with Gasteiger partial charge in [0.15, 0.2) is 5.76 Å². The minimum atomic E-state index is -0.619. The van der Waals surface area contributed by atoms with Gasteiger partial charge in [-0.3, -0.25) is 4.79 Å². The minimum absolute atomic E-state index is 0.180. The van der Waals surface area contributed by atoms with E-state index in [1.807, 2.05) is 0 Å². The molecule has 1 unspecified atom stereocenters. The van der Waals surface area contributed by atoms with Crippen molar-refractivity contribution in [1.29, 1.82) is 0 Å². The molecule has 2 aromatic carbocycles. The Bertz CT molecular complexity index is 999. The van der Waals surface area contributed by atoms with Crippen molar-refractivity contribution >= 4 is 11.6 Å². The normalized spacial score (nSPS) is 11.6. The standard InChI is InChI=1S/C23H25NO6/c1-14(25)15-6-5-7-16(10-15)24-23(26)20-9-8-17(30-20)11-19-21(28-3)12-18(27-2)13-22(19)29-4/h5-10,12-14,25H,11H2,1-4H3,(H,24,26). The first-order chi connectivity index (χ1) is 14.4. The van der Waals surface area contributed by atoms with Crippen LogP contribution in [0.5, 0.6) is 17.2 Å². The molecule has 0 fully saturated rings. The van der Waals surface area contributed by atoms with Gasteiger partial charge >= 0.3 is 0 Å². The van der Waals surface area contributed by atoms with Gasteiger partial charge in [-0.1, -0.05) is 12.1 Å². The van der Waals surface area contributed by atoms with Gasteiger partial charge in [0.1, 0.15) is 23.0 Å². The van der Waals surface area contributed by atoms with Gasteiger partial charge in [-0.05, 0) is 36.8 Å². The Hall–Kier alpha value is -3.45. The fourth-order valence-electron chi connectivity index (χ4n) is 3.09. The third kappa shape index (κ3) is 4.75. The molecule has 0 bridgehead atoms. The number of nitrogens with one attached hydrogen (secondary N) is 1. The predicted molar refractivity (Wildman–Crippen MR) is 113 cm³/mol. The van der Waals surface area contributed by atoms with E-state index in [1.165, 1.54) is 0 Å². The van der Waals surface area contributed by atoms with Crippen LogP contribution in [0.4, 0.5) is 5.69 Å². The molecule has 2 N–H and O–H groups in total. The van der Waals surface area contributed by atoms with Crippen LogP contribution in [0.15, 0.2) is 52.9 Å². The number of benzene rings is 2. The van der Waals surface area contributed by atoms with E-state index in [2.05, 4.69) is 5.32 Å². The van der Waals surface area contributed by atoms with Gasteiger partial charge in [0.05, 0.1) is 27.4 Å². The number of amides is 1. The molecular weight excluding hydrogens is 386 g/mol. The van der Waals surface area contributed by atoms with Gasteiger partial charge in [-0.25, -0.2) is 0 Å². The van der Waals surface area contributed by atoms with E-state index in [0.29, 0.717) is 40.7 Å². The van der Waals surface area contributed by atoms with Crippen molar-refractivity contribution in [2.45, 2.75) is 19.4 Å². The van der Waals surface area contributed by atoms with E-state index in [1.54, 1.807) is 76.8 Å². The van der Waals surface area contributed by atoms with E-state index >= 15 is 0 Å². The molecule has 0 radical (unpaired) electrons. The summed E-state index contributed by atoms with van der Waals surface area (Å²) in [6.45, 7) is 1.67. The lowest BCUT2D eigenvalue weighted by Crippen LogP contribution is -2.11. The van der Waals surface area contributed by atoms with Crippen LogP contribution in [-0.2, 0) is 6.42 Å². The highest BCUT2D eigenvalue weighted by Crippen LogP contribution is 2.36. The van der Waals surface area contributed by atoms with Crippen molar-refractivity contribution < 1.29 is 28.5 Å². The summed E-state index contributed by atoms with van der Waals surface area (Å²) in [7, 11) is 4.71. The van der Waals surface area contributed by atoms with Crippen molar-refractivity contribution in [2.75, 3.05) is 26.6 Å². The number of hydrogen-bond donors (Lipinski definition) is 2. The van der Waals surface area contributed by atoms with Crippen LogP contribution in [0.25, 0.3) is 0 Å². The Morgan fingerprint density at radius 3 is 2.33 bits per heavy atom. The number of aliphatic hydroxyl groups excluding tert-OH is 1. The summed E-state index contributed by atoms with van der Waals surface area (Å²) in [5.41, 5.74) is 2.08. The maximum Gasteiger partial charge on any atom is 0.291 e. The zero-order valence-electron chi connectivity index (χ0n) is 17.4. The minimum Gasteiger partial charge on any atom is -0.496 e. The second-order valence-electron chi connectivity index (χ2n) is 6.71. The molecule has 0 saturated heterocycles. The number of anilines is 1. The summed E-state index contributed by atoms with van der Waals surface area (Å²) in [6.07, 6.45) is -0.243. The Labute approximate surface area is 175 Å². The van der Waals surface area contributed by atoms with Crippen LogP contribution in [0.1, 0.15) is 40.5 Å². The smallest absolute Gasteiger partial charge is 0.291 e. The molecule has 3 aromatic rings. The van der Waals surface area contributed by atoms with Crippen LogP contribution in [-0.4, -0.2) is 32.3 Å². The monoisotopic (exact) mass is 411 g/mol. The van der Waals surface area contributed by atoms with Gasteiger partial charge in [0, 0.05) is 29.8 Å². The molecule has 0 aliphatic carbocycles. The number of aliphatic hydroxyl groups is 1. The van der Waals surface area contributed by atoms with Gasteiger partial charge < -0.3 is 29.1 Å². The molecule has 1 amide bonds. The molecule has 0 aliphatic rings. The molecule has 3 rings (SSSR count). The molecule has 1 atom stereocenters. The Morgan fingerprint density at radius 1 is 1.03 bits per heavy atom. The first-order valence-electron chi connectivity index (χ1n) is 9.42. The van der Waals surface area contributed by atoms with Crippen LogP contribution >= 0.6 is 0 Å². The highest BCUT2D eigenvalue weighted by Gasteiger charge is 2.18. The van der Waals surface area contributed by atoms with Crippen molar-refractivity contribution in [1.82, 2.24) is 0 Å². The fourth-order valence-corrected chi connectivity index (χ4v) is 3.09. The molecule has 0 spiro atoms. The zero-order valence-corrected chi connectivity index (χ0v) is 17.4. The third-order valence-electron chi connectivity index (χ3n) is 4.68. The Kier molecular flexibility index (Phi) is 6.64. The number of carbonyl (C=O) groups excluding carboxylic acids is 1. The van der Waals surface area contributed by atoms with Gasteiger partial charge in [-0.2, -0.15) is 0 Å². The van der Waals surface area contributed by atoms with Crippen LogP contribution in [0, 0.1) is 0 Å². The predicted octanol–water partition coefficient (Wildman–Crippen LogP) is 4.20. The number of hydrogen-bond acceptors (Lipinski definition) is 6. The SMILES string of the molecule is COc1cc(OC)c(Cc2ccc(C(=O)Nc3cccc(C(C)O)c3)o2)c(OC)c1. The fraction of sp³-hybridized carbons (Fsp3) is 0.261. The molecule has 0 saturated carbocycles. The summed E-state index contributed by atoms with van der Waals surface area (Å²) in [5.74, 6) is 2.20.